The van der Waals surface area contributed by atoms with E-state index in [0.29, 0.717) is 21.9 Å². The quantitative estimate of drug-likeness (QED) is 0.366. The Kier molecular flexibility index (Phi) is 6.99. The number of anilines is 1. The molecule has 1 N–H and O–H groups in total. The first-order chi connectivity index (χ1) is 18.7. The molecule has 0 saturated carbocycles. The van der Waals surface area contributed by atoms with Crippen LogP contribution in [0.5, 0.6) is 0 Å². The van der Waals surface area contributed by atoms with Gasteiger partial charge in [-0.2, -0.15) is 18.3 Å². The van der Waals surface area contributed by atoms with Crippen molar-refractivity contribution < 1.29 is 36.4 Å². The first kappa shape index (κ1) is 26.2. The van der Waals surface area contributed by atoms with Gasteiger partial charge in [0.2, 0.25) is 0 Å². The van der Waals surface area contributed by atoms with Crippen LogP contribution in [0.25, 0.3) is 22.9 Å². The van der Waals surface area contributed by atoms with Gasteiger partial charge in [-0.3, -0.25) is 9.48 Å². The number of carbonyl (C=O) groups excluding carboxylic acids is 1. The number of amides is 1. The molecule has 3 aromatic heterocycles. The molecule has 4 aromatic rings. The van der Waals surface area contributed by atoms with Gasteiger partial charge in [-0.05, 0) is 12.1 Å². The lowest BCUT2D eigenvalue weighted by Gasteiger charge is -2.41. The van der Waals surface area contributed by atoms with Gasteiger partial charge in [-0.1, -0.05) is 23.4 Å². The average molecular weight is 549 g/mol. The number of hydrogen-bond donors (Lipinski definition) is 1. The second-order valence-corrected chi connectivity index (χ2v) is 8.69. The molecule has 1 aromatic carbocycles. The fraction of sp³-hybridized carbons (Fsp3) is 0.292. The molecule has 1 aliphatic rings. The topological polar surface area (TPSA) is 113 Å². The summed E-state index contributed by atoms with van der Waals surface area (Å²) in [5, 5.41) is 18.2. The summed E-state index contributed by atoms with van der Waals surface area (Å²) in [6, 6.07) is 8.21. The molecule has 4 heterocycles. The van der Waals surface area contributed by atoms with Crippen LogP contribution >= 0.6 is 0 Å². The lowest BCUT2D eigenvalue weighted by molar-refractivity contribution is -0.186. The third-order valence-corrected chi connectivity index (χ3v) is 6.21. The van der Waals surface area contributed by atoms with Crippen molar-refractivity contribution in [2.75, 3.05) is 31.1 Å². The van der Waals surface area contributed by atoms with E-state index in [2.05, 4.69) is 20.2 Å². The summed E-state index contributed by atoms with van der Waals surface area (Å²) in [5.74, 6) is -3.67. The van der Waals surface area contributed by atoms with E-state index in [4.69, 9.17) is 4.52 Å². The molecule has 0 spiro atoms. The molecule has 1 aliphatic heterocycles. The Balaban J connectivity index is 1.48. The summed E-state index contributed by atoms with van der Waals surface area (Å²) in [6.45, 7) is -1.70. The number of carbonyl (C=O) groups is 1. The smallest absolute Gasteiger partial charge is 0.394 e. The van der Waals surface area contributed by atoms with Crippen LogP contribution < -0.4 is 4.90 Å². The van der Waals surface area contributed by atoms with Crippen LogP contribution in [0, 0.1) is 11.6 Å². The van der Waals surface area contributed by atoms with Gasteiger partial charge in [-0.15, -0.1) is 0 Å². The zero-order valence-electron chi connectivity index (χ0n) is 20.0. The van der Waals surface area contributed by atoms with Crippen LogP contribution in [0.2, 0.25) is 0 Å². The highest BCUT2D eigenvalue weighted by molar-refractivity contribution is 5.82. The van der Waals surface area contributed by atoms with Crippen LogP contribution in [0.15, 0.2) is 53.4 Å². The number of aliphatic hydroxyl groups excluding tert-OH is 1. The number of nitrogens with zero attached hydrogens (tertiary/aromatic N) is 7. The third-order valence-electron chi connectivity index (χ3n) is 6.21. The number of hydrogen-bond acceptors (Lipinski definition) is 8. The zero-order valence-corrected chi connectivity index (χ0v) is 20.0. The number of benzene rings is 1. The molecule has 1 amide bonds. The molecule has 1 unspecified atom stereocenters. The minimum atomic E-state index is -5.07. The number of alkyl halides is 3. The van der Waals surface area contributed by atoms with E-state index in [-0.39, 0.29) is 37.0 Å². The Morgan fingerprint density at radius 1 is 1.10 bits per heavy atom. The number of aromatic nitrogens is 5. The van der Waals surface area contributed by atoms with Crippen molar-refractivity contribution in [1.29, 1.82) is 0 Å². The minimum Gasteiger partial charge on any atom is -0.394 e. The van der Waals surface area contributed by atoms with Gasteiger partial charge in [0.15, 0.2) is 17.5 Å². The lowest BCUT2D eigenvalue weighted by Crippen LogP contribution is -2.58. The molecule has 204 valence electrons. The van der Waals surface area contributed by atoms with Crippen LogP contribution in [-0.2, 0) is 11.3 Å². The molecule has 1 fully saturated rings. The first-order valence-corrected chi connectivity index (χ1v) is 11.6. The van der Waals surface area contributed by atoms with Gasteiger partial charge in [0.1, 0.15) is 23.5 Å². The highest BCUT2D eigenvalue weighted by Crippen LogP contribution is 2.29. The van der Waals surface area contributed by atoms with Crippen molar-refractivity contribution in [3.8, 4) is 22.9 Å². The molecule has 0 radical (unpaired) electrons. The summed E-state index contributed by atoms with van der Waals surface area (Å²) in [7, 11) is 0. The molecular weight excluding hydrogens is 529 g/mol. The van der Waals surface area contributed by atoms with E-state index in [9.17, 15) is 31.9 Å². The van der Waals surface area contributed by atoms with Crippen LogP contribution in [-0.4, -0.2) is 79.3 Å². The summed E-state index contributed by atoms with van der Waals surface area (Å²) in [4.78, 5) is 21.8. The Morgan fingerprint density at radius 2 is 1.90 bits per heavy atom. The number of rotatable bonds is 6. The second-order valence-electron chi connectivity index (χ2n) is 8.69. The van der Waals surface area contributed by atoms with Crippen molar-refractivity contribution in [3.63, 3.8) is 0 Å². The van der Waals surface area contributed by atoms with Gasteiger partial charge < -0.3 is 19.4 Å². The van der Waals surface area contributed by atoms with Crippen molar-refractivity contribution in [2.24, 2.45) is 0 Å². The Hall–Kier alpha value is -4.40. The Labute approximate surface area is 217 Å². The number of aliphatic hydroxyl groups is 1. The van der Waals surface area contributed by atoms with Crippen molar-refractivity contribution >= 4 is 11.7 Å². The predicted molar refractivity (Wildman–Crippen MR) is 125 cm³/mol. The summed E-state index contributed by atoms with van der Waals surface area (Å²) >= 11 is 0. The third kappa shape index (κ3) is 5.30. The van der Waals surface area contributed by atoms with Crippen molar-refractivity contribution in [3.05, 3.63) is 66.1 Å². The highest BCUT2D eigenvalue weighted by Gasteiger charge is 2.45. The molecular formula is C24H20F5N7O3. The van der Waals surface area contributed by atoms with Crippen LogP contribution in [0.3, 0.4) is 0 Å². The molecule has 10 nitrogen and oxygen atoms in total. The molecule has 1 saturated heterocycles. The molecule has 15 heteroatoms. The van der Waals surface area contributed by atoms with Crippen molar-refractivity contribution in [2.45, 2.75) is 18.8 Å². The normalized spacial score (nSPS) is 16.1. The molecule has 5 rings (SSSR count). The van der Waals surface area contributed by atoms with E-state index in [1.807, 2.05) is 0 Å². The maximum atomic E-state index is 14.9. The minimum absolute atomic E-state index is 0.0186. The first-order valence-electron chi connectivity index (χ1n) is 11.6. The van der Waals surface area contributed by atoms with Gasteiger partial charge in [0.25, 0.3) is 0 Å². The number of piperazine rings is 1. The van der Waals surface area contributed by atoms with E-state index >= 15 is 0 Å². The molecule has 0 aliphatic carbocycles. The van der Waals surface area contributed by atoms with Crippen LogP contribution in [0.1, 0.15) is 5.56 Å². The summed E-state index contributed by atoms with van der Waals surface area (Å²) in [5.41, 5.74) is 1.34. The van der Waals surface area contributed by atoms with Gasteiger partial charge >= 0.3 is 12.1 Å². The Bertz CT molecular complexity index is 1480. The maximum Gasteiger partial charge on any atom is 0.471 e. The maximum absolute atomic E-state index is 14.9. The monoisotopic (exact) mass is 549 g/mol. The highest BCUT2D eigenvalue weighted by atomic mass is 19.4. The lowest BCUT2D eigenvalue weighted by atomic mass is 10.1. The molecule has 1 atom stereocenters. The fourth-order valence-corrected chi connectivity index (χ4v) is 4.32. The average Bonchev–Trinajstić information content (AvgIpc) is 3.59. The number of halogens is 5. The second kappa shape index (κ2) is 10.4. The molecule has 39 heavy (non-hydrogen) atoms. The standard InChI is InChI=1S/C24H20F5N7O3/c25-16-4-2-1-3-14(16)11-36-20(18-5-8-39-33-18)9-19(32-36)21-30-10-17(26)22(31-21)35-7-6-34(12-15(35)13-37)23(38)24(27,28)29/h1-5,8-10,15,37H,6-7,11-13H2. The zero-order chi connectivity index (χ0) is 27.7. The Morgan fingerprint density at radius 3 is 2.59 bits per heavy atom. The van der Waals surface area contributed by atoms with E-state index in [1.54, 1.807) is 30.3 Å². The fourth-order valence-electron chi connectivity index (χ4n) is 4.32. The van der Waals surface area contributed by atoms with E-state index < -0.39 is 42.9 Å². The van der Waals surface area contributed by atoms with Gasteiger partial charge in [0, 0.05) is 31.3 Å². The van der Waals surface area contributed by atoms with E-state index in [0.717, 1.165) is 6.20 Å². The van der Waals surface area contributed by atoms with Gasteiger partial charge in [-0.25, -0.2) is 18.7 Å². The predicted octanol–water partition coefficient (Wildman–Crippen LogP) is 2.89. The summed E-state index contributed by atoms with van der Waals surface area (Å²) < 4.78 is 74.3. The SMILES string of the molecule is O=C(N1CCN(c2nc(-c3cc(-c4ccon4)n(Cc4ccccc4F)n3)ncc2F)C(CO)C1)C(F)(F)F. The largest absolute Gasteiger partial charge is 0.471 e. The van der Waals surface area contributed by atoms with E-state index in [1.165, 1.54) is 21.9 Å². The summed E-state index contributed by atoms with van der Waals surface area (Å²) in [6.07, 6.45) is -2.84. The van der Waals surface area contributed by atoms with Crippen LogP contribution in [0.4, 0.5) is 27.8 Å². The van der Waals surface area contributed by atoms with Gasteiger partial charge in [0.05, 0.1) is 31.1 Å². The van der Waals surface area contributed by atoms with Crippen molar-refractivity contribution in [1.82, 2.24) is 29.8 Å². The molecule has 0 bridgehead atoms.